The maximum Gasteiger partial charge on any atom is 0.233 e. The smallest absolute Gasteiger partial charge is 0.233 e. The molecule has 1 rings (SSSR count). The molecular weight excluding hydrogens is 278 g/mol. The van der Waals surface area contributed by atoms with Crippen molar-refractivity contribution in [2.75, 3.05) is 6.54 Å². The molecule has 0 aliphatic heterocycles. The lowest BCUT2D eigenvalue weighted by molar-refractivity contribution is -0.120. The number of hydrogen-bond acceptors (Lipinski definition) is 2. The molecule has 0 fully saturated rings. The summed E-state index contributed by atoms with van der Waals surface area (Å²) in [5.74, 6) is 0.743. The Kier molecular flexibility index (Phi) is 7.32. The van der Waals surface area contributed by atoms with Crippen LogP contribution in [0.15, 0.2) is 29.2 Å². The van der Waals surface area contributed by atoms with Gasteiger partial charge in [-0.15, -0.1) is 11.8 Å². The molecule has 0 saturated heterocycles. The number of nitrogens with one attached hydrogen (secondary N) is 1. The molecule has 0 spiro atoms. The average Bonchev–Trinajstić information content (AvgIpc) is 2.37. The maximum absolute atomic E-state index is 12.1. The van der Waals surface area contributed by atoms with Crippen molar-refractivity contribution in [2.24, 2.45) is 5.92 Å². The van der Waals surface area contributed by atoms with Gasteiger partial charge in [0.15, 0.2) is 0 Å². The molecule has 1 aromatic rings. The van der Waals surface area contributed by atoms with E-state index in [1.807, 2.05) is 31.2 Å². The predicted molar refractivity (Wildman–Crippen MR) is 83.9 cm³/mol. The van der Waals surface area contributed by atoms with Gasteiger partial charge in [-0.3, -0.25) is 4.79 Å². The highest BCUT2D eigenvalue weighted by atomic mass is 35.5. The van der Waals surface area contributed by atoms with Gasteiger partial charge >= 0.3 is 0 Å². The number of benzene rings is 1. The third-order valence-electron chi connectivity index (χ3n) is 2.78. The summed E-state index contributed by atoms with van der Waals surface area (Å²) >= 11 is 7.45. The van der Waals surface area contributed by atoms with Crippen LogP contribution in [0.4, 0.5) is 0 Å². The Labute approximate surface area is 125 Å². The lowest BCUT2D eigenvalue weighted by atomic mass is 10.1. The van der Waals surface area contributed by atoms with E-state index in [9.17, 15) is 4.79 Å². The third-order valence-corrected chi connectivity index (χ3v) is 4.40. The number of hydrogen-bond donors (Lipinski definition) is 1. The normalized spacial score (nSPS) is 12.5. The van der Waals surface area contributed by atoms with Gasteiger partial charge in [-0.2, -0.15) is 0 Å². The van der Waals surface area contributed by atoms with Crippen molar-refractivity contribution < 1.29 is 4.79 Å². The van der Waals surface area contributed by atoms with Crippen LogP contribution in [0.1, 0.15) is 33.6 Å². The minimum atomic E-state index is -0.0339. The summed E-state index contributed by atoms with van der Waals surface area (Å²) in [4.78, 5) is 13.1. The molecule has 0 bridgehead atoms. The van der Waals surface area contributed by atoms with Crippen LogP contribution >= 0.6 is 23.4 Å². The van der Waals surface area contributed by atoms with E-state index in [2.05, 4.69) is 19.2 Å². The molecule has 1 aromatic carbocycles. The number of thioether (sulfide) groups is 1. The number of amides is 1. The molecule has 0 radical (unpaired) electrons. The minimum Gasteiger partial charge on any atom is -0.355 e. The maximum atomic E-state index is 12.1. The van der Waals surface area contributed by atoms with Gasteiger partial charge in [0.1, 0.15) is 0 Å². The Hall–Kier alpha value is -0.670. The number of carbonyl (C=O) groups excluding carboxylic acids is 1. The highest BCUT2D eigenvalue weighted by Gasteiger charge is 2.17. The lowest BCUT2D eigenvalue weighted by Gasteiger charge is -2.15. The fourth-order valence-electron chi connectivity index (χ4n) is 1.60. The summed E-state index contributed by atoms with van der Waals surface area (Å²) in [5.41, 5.74) is 0. The minimum absolute atomic E-state index is 0.0339. The summed E-state index contributed by atoms with van der Waals surface area (Å²) in [5, 5.41) is 3.70. The predicted octanol–water partition coefficient (Wildman–Crippen LogP) is 4.37. The summed E-state index contributed by atoms with van der Waals surface area (Å²) < 4.78 is 0. The first-order chi connectivity index (χ1) is 9.02. The molecule has 0 heterocycles. The second-order valence-corrected chi connectivity index (χ2v) is 6.65. The number of rotatable bonds is 7. The molecule has 0 saturated carbocycles. The monoisotopic (exact) mass is 299 g/mol. The van der Waals surface area contributed by atoms with Crippen molar-refractivity contribution in [1.29, 1.82) is 0 Å². The van der Waals surface area contributed by atoms with E-state index in [4.69, 9.17) is 11.6 Å². The fourth-order valence-corrected chi connectivity index (χ4v) is 2.70. The zero-order valence-corrected chi connectivity index (χ0v) is 13.4. The van der Waals surface area contributed by atoms with Crippen molar-refractivity contribution in [2.45, 2.75) is 43.8 Å². The van der Waals surface area contributed by atoms with Crippen LogP contribution in [0.25, 0.3) is 0 Å². The SMILES string of the molecule is CCC(Sc1ccc(Cl)cc1)C(=O)NCCC(C)C. The first-order valence-corrected chi connectivity index (χ1v) is 7.98. The van der Waals surface area contributed by atoms with Crippen molar-refractivity contribution in [3.63, 3.8) is 0 Å². The first-order valence-electron chi connectivity index (χ1n) is 6.72. The van der Waals surface area contributed by atoms with E-state index >= 15 is 0 Å². The van der Waals surface area contributed by atoms with Gasteiger partial charge in [-0.1, -0.05) is 32.4 Å². The van der Waals surface area contributed by atoms with Crippen LogP contribution in [-0.2, 0) is 4.79 Å². The summed E-state index contributed by atoms with van der Waals surface area (Å²) in [6, 6.07) is 7.62. The summed E-state index contributed by atoms with van der Waals surface area (Å²) in [7, 11) is 0. The Morgan fingerprint density at radius 3 is 2.47 bits per heavy atom. The van der Waals surface area contributed by atoms with E-state index in [-0.39, 0.29) is 11.2 Å². The average molecular weight is 300 g/mol. The van der Waals surface area contributed by atoms with Crippen LogP contribution in [0.5, 0.6) is 0 Å². The van der Waals surface area contributed by atoms with Gasteiger partial charge in [0.2, 0.25) is 5.91 Å². The van der Waals surface area contributed by atoms with Gasteiger partial charge in [0.05, 0.1) is 5.25 Å². The molecule has 106 valence electrons. The highest BCUT2D eigenvalue weighted by Crippen LogP contribution is 2.26. The summed E-state index contributed by atoms with van der Waals surface area (Å²) in [6.45, 7) is 7.11. The Morgan fingerprint density at radius 2 is 1.95 bits per heavy atom. The Balaban J connectivity index is 2.48. The fraction of sp³-hybridized carbons (Fsp3) is 0.533. The van der Waals surface area contributed by atoms with Crippen LogP contribution in [-0.4, -0.2) is 17.7 Å². The lowest BCUT2D eigenvalue weighted by Crippen LogP contribution is -2.33. The molecule has 1 atom stereocenters. The van der Waals surface area contributed by atoms with E-state index < -0.39 is 0 Å². The van der Waals surface area contributed by atoms with Crippen molar-refractivity contribution in [3.8, 4) is 0 Å². The van der Waals surface area contributed by atoms with E-state index in [1.54, 1.807) is 11.8 Å². The van der Waals surface area contributed by atoms with E-state index in [1.165, 1.54) is 0 Å². The molecule has 1 amide bonds. The second kappa shape index (κ2) is 8.49. The zero-order valence-electron chi connectivity index (χ0n) is 11.8. The molecule has 1 N–H and O–H groups in total. The van der Waals surface area contributed by atoms with Gasteiger partial charge in [0, 0.05) is 16.5 Å². The van der Waals surface area contributed by atoms with Gasteiger partial charge in [0.25, 0.3) is 0 Å². The third kappa shape index (κ3) is 6.35. The first kappa shape index (κ1) is 16.4. The van der Waals surface area contributed by atoms with Crippen molar-refractivity contribution in [1.82, 2.24) is 5.32 Å². The number of carbonyl (C=O) groups is 1. The number of halogens is 1. The molecular formula is C15H22ClNOS. The molecule has 19 heavy (non-hydrogen) atoms. The molecule has 0 aliphatic carbocycles. The molecule has 2 nitrogen and oxygen atoms in total. The van der Waals surface area contributed by atoms with Gasteiger partial charge < -0.3 is 5.32 Å². The van der Waals surface area contributed by atoms with E-state index in [0.29, 0.717) is 5.92 Å². The molecule has 0 aliphatic rings. The standard InChI is InChI=1S/C15H22ClNOS/c1-4-14(15(18)17-10-9-11(2)3)19-13-7-5-12(16)6-8-13/h5-8,11,14H,4,9-10H2,1-3H3,(H,17,18). The Bertz CT molecular complexity index is 392. The highest BCUT2D eigenvalue weighted by molar-refractivity contribution is 8.00. The van der Waals surface area contributed by atoms with Gasteiger partial charge in [-0.05, 0) is 43.0 Å². The zero-order chi connectivity index (χ0) is 14.3. The second-order valence-electron chi connectivity index (χ2n) is 4.94. The van der Waals surface area contributed by atoms with Crippen molar-refractivity contribution in [3.05, 3.63) is 29.3 Å². The quantitative estimate of drug-likeness (QED) is 0.757. The van der Waals surface area contributed by atoms with Gasteiger partial charge in [-0.25, -0.2) is 0 Å². The van der Waals surface area contributed by atoms with Crippen LogP contribution in [0, 0.1) is 5.92 Å². The van der Waals surface area contributed by atoms with Crippen molar-refractivity contribution >= 4 is 29.3 Å². The van der Waals surface area contributed by atoms with E-state index in [0.717, 1.165) is 29.3 Å². The molecule has 4 heteroatoms. The van der Waals surface area contributed by atoms with Crippen LogP contribution < -0.4 is 5.32 Å². The summed E-state index contributed by atoms with van der Waals surface area (Å²) in [6.07, 6.45) is 1.84. The Morgan fingerprint density at radius 1 is 1.32 bits per heavy atom. The van der Waals surface area contributed by atoms with Crippen LogP contribution in [0.2, 0.25) is 5.02 Å². The molecule has 1 unspecified atom stereocenters. The largest absolute Gasteiger partial charge is 0.355 e. The topological polar surface area (TPSA) is 29.1 Å². The van der Waals surface area contributed by atoms with Crippen LogP contribution in [0.3, 0.4) is 0 Å². The molecule has 0 aromatic heterocycles.